The van der Waals surface area contributed by atoms with Crippen LogP contribution in [0.3, 0.4) is 0 Å². The first kappa shape index (κ1) is 5.74. The molecule has 0 unspecified atom stereocenters. The van der Waals surface area contributed by atoms with E-state index in [2.05, 4.69) is 3.02 Å². The van der Waals surface area contributed by atoms with Crippen molar-refractivity contribution in [1.29, 1.82) is 0 Å². The van der Waals surface area contributed by atoms with Gasteiger partial charge in [-0.2, -0.15) is 0 Å². The van der Waals surface area contributed by atoms with Gasteiger partial charge < -0.3 is 0 Å². The summed E-state index contributed by atoms with van der Waals surface area (Å²) in [6.07, 6.45) is 0. The van der Waals surface area contributed by atoms with Gasteiger partial charge in [0.1, 0.15) is 0 Å². The van der Waals surface area contributed by atoms with Crippen LogP contribution in [0.15, 0.2) is 0 Å². The van der Waals surface area contributed by atoms with Crippen molar-refractivity contribution < 1.29 is 8.12 Å². The summed E-state index contributed by atoms with van der Waals surface area (Å²) < 4.78 is 4.53. The molecule has 31 valence electrons. The molecule has 3 heteroatoms. The molecule has 0 saturated carbocycles. The van der Waals surface area contributed by atoms with E-state index >= 15 is 0 Å². The molecule has 0 aliphatic heterocycles. The summed E-state index contributed by atoms with van der Waals surface area (Å²) in [5.74, 6) is 0. The van der Waals surface area contributed by atoms with Gasteiger partial charge in [0.2, 0.25) is 0 Å². The van der Waals surface area contributed by atoms with Crippen molar-refractivity contribution in [3.63, 3.8) is 0 Å². The van der Waals surface area contributed by atoms with E-state index in [0.717, 1.165) is 23.4 Å². The predicted octanol–water partition coefficient (Wildman–Crippen LogP) is -1.19. The Labute approximate surface area is 45.2 Å². The molecule has 0 bridgehead atoms. The van der Waals surface area contributed by atoms with Crippen LogP contribution in [-0.2, 0) is 3.02 Å². The molecule has 1 N–H and O–H groups in total. The van der Waals surface area contributed by atoms with Crippen molar-refractivity contribution in [1.82, 2.24) is 0 Å². The van der Waals surface area contributed by atoms with E-state index in [0.29, 0.717) is 6.61 Å². The van der Waals surface area contributed by atoms with E-state index in [4.69, 9.17) is 5.11 Å². The fraction of sp³-hybridized carbons (Fsp3) is 1.00. The molecular formula is C2H6O2Sb. The topological polar surface area (TPSA) is 29.5 Å². The van der Waals surface area contributed by atoms with Crippen molar-refractivity contribution >= 4 is 23.4 Å². The summed E-state index contributed by atoms with van der Waals surface area (Å²) in [7, 11) is 0. The zero-order valence-corrected chi connectivity index (χ0v) is 5.62. The normalized spacial score (nSPS) is 8.40. The van der Waals surface area contributed by atoms with Crippen LogP contribution >= 0.6 is 0 Å². The van der Waals surface area contributed by atoms with Gasteiger partial charge in [-0.25, -0.2) is 0 Å². The number of aliphatic hydroxyl groups is 1. The Morgan fingerprint density at radius 2 is 2.40 bits per heavy atom. The average Bonchev–Trinajstić information content (AvgIpc) is 1.41. The molecule has 0 aromatic carbocycles. The second-order valence-electron chi connectivity index (χ2n) is 0.572. The van der Waals surface area contributed by atoms with E-state index < -0.39 is 0 Å². The van der Waals surface area contributed by atoms with Crippen LogP contribution < -0.4 is 0 Å². The fourth-order valence-corrected chi connectivity index (χ4v) is 0.306. The molecule has 0 rings (SSSR count). The molecule has 0 aromatic rings. The predicted molar refractivity (Wildman–Crippen MR) is 20.2 cm³/mol. The maximum absolute atomic E-state index is 7.96. The first-order chi connectivity index (χ1) is 2.41. The van der Waals surface area contributed by atoms with Crippen LogP contribution in [0.25, 0.3) is 0 Å². The summed E-state index contributed by atoms with van der Waals surface area (Å²) in [6, 6.07) is 0. The summed E-state index contributed by atoms with van der Waals surface area (Å²) >= 11 is 1.02. The molecule has 0 aliphatic carbocycles. The van der Waals surface area contributed by atoms with Crippen LogP contribution in [0.4, 0.5) is 0 Å². The third-order valence-corrected chi connectivity index (χ3v) is 0.776. The molecule has 0 aliphatic rings. The number of aliphatic hydroxyl groups excluding tert-OH is 1. The minimum atomic E-state index is 0.144. The second-order valence-corrected chi connectivity index (χ2v) is 1.40. The SMILES string of the molecule is OCC[O][SbH]. The molecule has 0 amide bonds. The van der Waals surface area contributed by atoms with Crippen LogP contribution in [0.5, 0.6) is 0 Å². The van der Waals surface area contributed by atoms with Crippen molar-refractivity contribution in [3.8, 4) is 0 Å². The van der Waals surface area contributed by atoms with Gasteiger partial charge >= 0.3 is 44.8 Å². The summed E-state index contributed by atoms with van der Waals surface area (Å²) in [5.41, 5.74) is 0. The fourth-order valence-electron chi connectivity index (χ4n) is 0.0456. The molecule has 1 radical (unpaired) electrons. The van der Waals surface area contributed by atoms with Gasteiger partial charge in [0, 0.05) is 0 Å². The van der Waals surface area contributed by atoms with Gasteiger partial charge in [0.05, 0.1) is 0 Å². The van der Waals surface area contributed by atoms with E-state index in [1.165, 1.54) is 0 Å². The Morgan fingerprint density at radius 3 is 2.40 bits per heavy atom. The van der Waals surface area contributed by atoms with Crippen molar-refractivity contribution in [2.75, 3.05) is 13.2 Å². The van der Waals surface area contributed by atoms with Gasteiger partial charge in [-0.15, -0.1) is 0 Å². The summed E-state index contributed by atoms with van der Waals surface area (Å²) in [5, 5.41) is 7.96. The van der Waals surface area contributed by atoms with Gasteiger partial charge in [-0.3, -0.25) is 0 Å². The maximum atomic E-state index is 7.96. The van der Waals surface area contributed by atoms with Crippen molar-refractivity contribution in [3.05, 3.63) is 0 Å². The second kappa shape index (κ2) is 4.74. The zero-order valence-electron chi connectivity index (χ0n) is 2.77. The molecule has 0 atom stereocenters. The Hall–Kier alpha value is 0.738. The van der Waals surface area contributed by atoms with Crippen LogP contribution in [0.1, 0.15) is 0 Å². The van der Waals surface area contributed by atoms with Crippen molar-refractivity contribution in [2.45, 2.75) is 0 Å². The van der Waals surface area contributed by atoms with E-state index in [9.17, 15) is 0 Å². The molecule has 0 saturated heterocycles. The number of rotatable bonds is 2. The van der Waals surface area contributed by atoms with E-state index in [1.54, 1.807) is 0 Å². The average molecular weight is 184 g/mol. The molecule has 2 nitrogen and oxygen atoms in total. The Morgan fingerprint density at radius 1 is 1.80 bits per heavy atom. The number of hydrogen-bond acceptors (Lipinski definition) is 2. The molecular weight excluding hydrogens is 178 g/mol. The summed E-state index contributed by atoms with van der Waals surface area (Å²) in [4.78, 5) is 0. The molecule has 0 fully saturated rings. The minimum absolute atomic E-state index is 0.144. The molecule has 0 aromatic heterocycles. The van der Waals surface area contributed by atoms with Crippen LogP contribution in [-0.4, -0.2) is 41.8 Å². The Bertz CT molecular complexity index is 15.1. The third kappa shape index (κ3) is 4.74. The van der Waals surface area contributed by atoms with Gasteiger partial charge in [0.25, 0.3) is 0 Å². The third-order valence-electron chi connectivity index (χ3n) is 0.193. The van der Waals surface area contributed by atoms with E-state index in [1.807, 2.05) is 0 Å². The Balaban J connectivity index is 2.19. The Kier molecular flexibility index (Phi) is 5.44. The number of hydrogen-bond donors (Lipinski definition) is 1. The van der Waals surface area contributed by atoms with Gasteiger partial charge in [-0.05, 0) is 0 Å². The molecule has 5 heavy (non-hydrogen) atoms. The van der Waals surface area contributed by atoms with Gasteiger partial charge in [-0.1, -0.05) is 0 Å². The van der Waals surface area contributed by atoms with Crippen LogP contribution in [0.2, 0.25) is 0 Å². The standard InChI is InChI=1S/C2H5O2.Sb.H/c3-1-2-4;;/h3H,1-2H2;;/q-1;+1;. The zero-order chi connectivity index (χ0) is 4.12. The van der Waals surface area contributed by atoms with Gasteiger partial charge in [0.15, 0.2) is 0 Å². The summed E-state index contributed by atoms with van der Waals surface area (Å²) in [6.45, 7) is 0.628. The first-order valence-electron chi connectivity index (χ1n) is 1.31. The first-order valence-corrected chi connectivity index (χ1v) is 2.47. The monoisotopic (exact) mass is 183 g/mol. The van der Waals surface area contributed by atoms with Crippen LogP contribution in [0, 0.1) is 0 Å². The van der Waals surface area contributed by atoms with E-state index in [-0.39, 0.29) is 6.61 Å². The molecule has 0 spiro atoms. The molecule has 0 heterocycles. The van der Waals surface area contributed by atoms with Crippen molar-refractivity contribution in [2.24, 2.45) is 0 Å². The quantitative estimate of drug-likeness (QED) is 0.546.